The molecule has 0 spiro atoms. The van der Waals surface area contributed by atoms with Gasteiger partial charge in [-0.15, -0.1) is 0 Å². The number of rotatable bonds is 5. The molecule has 112 valence electrons. The van der Waals surface area contributed by atoms with Crippen molar-refractivity contribution in [1.29, 1.82) is 0 Å². The van der Waals surface area contributed by atoms with Crippen LogP contribution >= 0.6 is 0 Å². The van der Waals surface area contributed by atoms with Crippen LogP contribution in [0.3, 0.4) is 0 Å². The molecule has 0 fully saturated rings. The zero-order valence-electron chi connectivity index (χ0n) is 11.6. The minimum atomic E-state index is -3.85. The molecular weight excluding hydrogens is 294 g/mol. The minimum Gasteiger partial charge on any atom is -0.465 e. The lowest BCUT2D eigenvalue weighted by Crippen LogP contribution is -2.25. The summed E-state index contributed by atoms with van der Waals surface area (Å²) in [4.78, 5) is 11.5. The zero-order chi connectivity index (χ0) is 15.5. The lowest BCUT2D eigenvalue weighted by atomic mass is 10.2. The highest BCUT2D eigenvalue weighted by atomic mass is 32.2. The van der Waals surface area contributed by atoms with Gasteiger partial charge in [0.1, 0.15) is 11.5 Å². The van der Waals surface area contributed by atoms with E-state index < -0.39 is 16.0 Å². The van der Waals surface area contributed by atoms with Gasteiger partial charge in [-0.2, -0.15) is 0 Å². The lowest BCUT2D eigenvalue weighted by molar-refractivity contribution is 0.0596. The van der Waals surface area contributed by atoms with Crippen LogP contribution in [0.2, 0.25) is 0 Å². The molecule has 2 rings (SSSR count). The molecule has 6 nitrogen and oxygen atoms in total. The molecule has 0 saturated heterocycles. The molecule has 1 aromatic heterocycles. The topological polar surface area (TPSA) is 85.6 Å². The molecule has 1 aromatic carbocycles. The first-order chi connectivity index (χ1) is 9.94. The Morgan fingerprint density at radius 1 is 1.24 bits per heavy atom. The summed E-state index contributed by atoms with van der Waals surface area (Å²) in [5, 5.41) is 0. The van der Waals surface area contributed by atoms with Crippen LogP contribution < -0.4 is 4.72 Å². The van der Waals surface area contributed by atoms with Gasteiger partial charge in [-0.05, 0) is 31.2 Å². The first-order valence-corrected chi connectivity index (χ1v) is 7.64. The molecule has 0 aliphatic rings. The highest BCUT2D eigenvalue weighted by Crippen LogP contribution is 2.17. The second kappa shape index (κ2) is 6.11. The summed E-state index contributed by atoms with van der Waals surface area (Å²) in [6, 6.07) is 9.29. The van der Waals surface area contributed by atoms with Gasteiger partial charge in [0.15, 0.2) is 0 Å². The molecule has 1 N–H and O–H groups in total. The summed E-state index contributed by atoms with van der Waals surface area (Å²) in [5.41, 5.74) is -0.0110. The third-order valence-electron chi connectivity index (χ3n) is 2.81. The quantitative estimate of drug-likeness (QED) is 0.852. The highest BCUT2D eigenvalue weighted by molar-refractivity contribution is 7.89. The van der Waals surface area contributed by atoms with Crippen LogP contribution in [-0.2, 0) is 21.3 Å². The number of ether oxygens (including phenoxy) is 1. The molecule has 7 heteroatoms. The fourth-order valence-electron chi connectivity index (χ4n) is 1.80. The molecule has 0 atom stereocenters. The average Bonchev–Trinajstić information content (AvgIpc) is 2.90. The molecule has 0 unspecified atom stereocenters. The molecular formula is C14H15NO5S. The van der Waals surface area contributed by atoms with Crippen molar-refractivity contribution in [1.82, 2.24) is 4.72 Å². The van der Waals surface area contributed by atoms with Crippen molar-refractivity contribution in [2.75, 3.05) is 7.11 Å². The Morgan fingerprint density at radius 2 is 1.95 bits per heavy atom. The van der Waals surface area contributed by atoms with E-state index in [0.29, 0.717) is 11.5 Å². The van der Waals surface area contributed by atoms with Crippen molar-refractivity contribution in [3.05, 3.63) is 53.5 Å². The number of methoxy groups -OCH3 is 1. The van der Waals surface area contributed by atoms with E-state index in [2.05, 4.69) is 9.46 Å². The highest BCUT2D eigenvalue weighted by Gasteiger charge is 2.22. The van der Waals surface area contributed by atoms with Gasteiger partial charge in [-0.3, -0.25) is 0 Å². The predicted octanol–water partition coefficient (Wildman–Crippen LogP) is 1.85. The summed E-state index contributed by atoms with van der Waals surface area (Å²) >= 11 is 0. The van der Waals surface area contributed by atoms with Crippen molar-refractivity contribution in [3.8, 4) is 0 Å². The molecule has 1 heterocycles. The smallest absolute Gasteiger partial charge is 0.339 e. The van der Waals surface area contributed by atoms with E-state index in [1.807, 2.05) is 0 Å². The van der Waals surface area contributed by atoms with E-state index in [1.165, 1.54) is 25.3 Å². The maximum atomic E-state index is 12.3. The van der Waals surface area contributed by atoms with Gasteiger partial charge >= 0.3 is 5.97 Å². The number of benzene rings is 1. The normalized spacial score (nSPS) is 11.3. The van der Waals surface area contributed by atoms with E-state index in [9.17, 15) is 13.2 Å². The SMILES string of the molecule is COC(=O)c1ccccc1S(=O)(=O)NCc1ccc(C)o1. The van der Waals surface area contributed by atoms with Crippen molar-refractivity contribution < 1.29 is 22.4 Å². The van der Waals surface area contributed by atoms with E-state index in [0.717, 1.165) is 0 Å². The second-order valence-corrected chi connectivity index (χ2v) is 6.06. The van der Waals surface area contributed by atoms with Crippen LogP contribution in [-0.4, -0.2) is 21.5 Å². The summed E-state index contributed by atoms with van der Waals surface area (Å²) in [6.45, 7) is 1.77. The van der Waals surface area contributed by atoms with E-state index in [-0.39, 0.29) is 17.0 Å². The van der Waals surface area contributed by atoms with Crippen LogP contribution in [0.4, 0.5) is 0 Å². The van der Waals surface area contributed by atoms with Crippen molar-refractivity contribution >= 4 is 16.0 Å². The molecule has 0 aliphatic carbocycles. The van der Waals surface area contributed by atoms with Crippen LogP contribution in [0.25, 0.3) is 0 Å². The first kappa shape index (κ1) is 15.3. The summed E-state index contributed by atoms with van der Waals surface area (Å²) in [5.74, 6) is 0.482. The Hall–Kier alpha value is -2.12. The molecule has 0 saturated carbocycles. The predicted molar refractivity (Wildman–Crippen MR) is 75.3 cm³/mol. The molecule has 21 heavy (non-hydrogen) atoms. The Balaban J connectivity index is 2.25. The Bertz CT molecular complexity index is 748. The van der Waals surface area contributed by atoms with Crippen molar-refractivity contribution in [2.24, 2.45) is 0 Å². The van der Waals surface area contributed by atoms with E-state index >= 15 is 0 Å². The maximum Gasteiger partial charge on any atom is 0.339 e. The van der Waals surface area contributed by atoms with Gasteiger partial charge in [0.05, 0.1) is 24.1 Å². The monoisotopic (exact) mass is 309 g/mol. The minimum absolute atomic E-state index is 0.00564. The third-order valence-corrected chi connectivity index (χ3v) is 4.27. The number of aryl methyl sites for hydroxylation is 1. The summed E-state index contributed by atoms with van der Waals surface area (Å²) in [7, 11) is -2.65. The molecule has 0 aliphatic heterocycles. The zero-order valence-corrected chi connectivity index (χ0v) is 12.4. The van der Waals surface area contributed by atoms with Gasteiger partial charge < -0.3 is 9.15 Å². The molecule has 2 aromatic rings. The number of hydrogen-bond acceptors (Lipinski definition) is 5. The van der Waals surface area contributed by atoms with E-state index in [1.54, 1.807) is 25.1 Å². The van der Waals surface area contributed by atoms with Crippen LogP contribution in [0.15, 0.2) is 45.7 Å². The Kier molecular flexibility index (Phi) is 4.44. The second-order valence-electron chi connectivity index (χ2n) is 4.32. The number of hydrogen-bond donors (Lipinski definition) is 1. The summed E-state index contributed by atoms with van der Waals surface area (Å²) < 4.78 is 36.9. The van der Waals surface area contributed by atoms with Gasteiger partial charge in [0.25, 0.3) is 0 Å². The van der Waals surface area contributed by atoms with Gasteiger partial charge in [-0.25, -0.2) is 17.9 Å². The first-order valence-electron chi connectivity index (χ1n) is 6.16. The maximum absolute atomic E-state index is 12.3. The standard InChI is InChI=1S/C14H15NO5S/c1-10-7-8-11(20-10)9-15-21(17,18)13-6-4-3-5-12(13)14(16)19-2/h3-8,15H,9H2,1-2H3. The van der Waals surface area contributed by atoms with Crippen LogP contribution in [0, 0.1) is 6.92 Å². The number of nitrogens with one attached hydrogen (secondary N) is 1. The van der Waals surface area contributed by atoms with E-state index in [4.69, 9.17) is 4.42 Å². The average molecular weight is 309 g/mol. The Labute approximate surface area is 122 Å². The van der Waals surface area contributed by atoms with Crippen molar-refractivity contribution in [3.63, 3.8) is 0 Å². The number of sulfonamides is 1. The number of esters is 1. The van der Waals surface area contributed by atoms with Crippen LogP contribution in [0.5, 0.6) is 0 Å². The van der Waals surface area contributed by atoms with Gasteiger partial charge in [0, 0.05) is 0 Å². The van der Waals surface area contributed by atoms with Gasteiger partial charge in [-0.1, -0.05) is 12.1 Å². The summed E-state index contributed by atoms with van der Waals surface area (Å²) in [6.07, 6.45) is 0. The molecule has 0 bridgehead atoms. The lowest BCUT2D eigenvalue weighted by Gasteiger charge is -2.09. The van der Waals surface area contributed by atoms with Crippen LogP contribution in [0.1, 0.15) is 21.9 Å². The van der Waals surface area contributed by atoms with Crippen molar-refractivity contribution in [2.45, 2.75) is 18.4 Å². The number of carbonyl (C=O) groups is 1. The Morgan fingerprint density at radius 3 is 2.57 bits per heavy atom. The third kappa shape index (κ3) is 3.50. The fraction of sp³-hybridized carbons (Fsp3) is 0.214. The largest absolute Gasteiger partial charge is 0.465 e. The number of carbonyl (C=O) groups excluding carboxylic acids is 1. The number of furan rings is 1. The fourth-order valence-corrected chi connectivity index (χ4v) is 2.99. The molecule has 0 radical (unpaired) electrons. The van der Waals surface area contributed by atoms with Gasteiger partial charge in [0.2, 0.25) is 10.0 Å². The molecule has 0 amide bonds.